The van der Waals surface area contributed by atoms with E-state index in [1.54, 1.807) is 6.92 Å². The number of methoxy groups -OCH3 is 1. The predicted octanol–water partition coefficient (Wildman–Crippen LogP) is 1.44. The van der Waals surface area contributed by atoms with Gasteiger partial charge in [0, 0.05) is 0 Å². The molecule has 80 valence electrons. The van der Waals surface area contributed by atoms with Gasteiger partial charge in [-0.1, -0.05) is 6.42 Å². The van der Waals surface area contributed by atoms with E-state index < -0.39 is 17.3 Å². The minimum Gasteiger partial charge on any atom is -0.481 e. The maximum atomic E-state index is 11.4. The van der Waals surface area contributed by atoms with E-state index in [1.165, 1.54) is 7.11 Å². The van der Waals surface area contributed by atoms with Gasteiger partial charge in [-0.2, -0.15) is 0 Å². The van der Waals surface area contributed by atoms with Gasteiger partial charge in [0.2, 0.25) is 0 Å². The van der Waals surface area contributed by atoms with Crippen LogP contribution in [0.5, 0.6) is 0 Å². The molecule has 2 atom stereocenters. The number of aliphatic carboxylic acids is 1. The minimum absolute atomic E-state index is 0.288. The summed E-state index contributed by atoms with van der Waals surface area (Å²) in [5, 5.41) is 8.87. The number of carbonyl (C=O) groups is 2. The fraction of sp³-hybridized carbons (Fsp3) is 0.800. The molecule has 0 heterocycles. The molecule has 1 saturated carbocycles. The van der Waals surface area contributed by atoms with Crippen LogP contribution in [0.1, 0.15) is 32.6 Å². The number of carboxylic acid groups (broad SMARTS) is 1. The second-order valence-electron chi connectivity index (χ2n) is 4.18. The molecule has 1 aliphatic rings. The molecule has 0 aliphatic heterocycles. The molecular formula is C10H16O4. The topological polar surface area (TPSA) is 63.6 Å². The Kier molecular flexibility index (Phi) is 3.13. The lowest BCUT2D eigenvalue weighted by atomic mass is 9.71. The number of hydrogen-bond acceptors (Lipinski definition) is 3. The van der Waals surface area contributed by atoms with E-state index in [4.69, 9.17) is 5.11 Å². The number of esters is 1. The van der Waals surface area contributed by atoms with Crippen molar-refractivity contribution in [3.63, 3.8) is 0 Å². The number of carbonyl (C=O) groups excluding carboxylic acids is 1. The molecule has 0 spiro atoms. The fourth-order valence-corrected chi connectivity index (χ4v) is 2.13. The van der Waals surface area contributed by atoms with Crippen LogP contribution in [-0.2, 0) is 14.3 Å². The SMILES string of the molecule is COC(=O)C1(C)CCCC(C(=O)O)C1. The highest BCUT2D eigenvalue weighted by atomic mass is 16.5. The predicted molar refractivity (Wildman–Crippen MR) is 49.7 cm³/mol. The Morgan fingerprint density at radius 1 is 1.50 bits per heavy atom. The molecule has 1 N–H and O–H groups in total. The van der Waals surface area contributed by atoms with E-state index >= 15 is 0 Å². The molecule has 4 nitrogen and oxygen atoms in total. The summed E-state index contributed by atoms with van der Waals surface area (Å²) in [6.45, 7) is 1.79. The summed E-state index contributed by atoms with van der Waals surface area (Å²) in [7, 11) is 1.35. The molecule has 0 bridgehead atoms. The normalized spacial score (nSPS) is 32.3. The number of carboxylic acids is 1. The number of hydrogen-bond donors (Lipinski definition) is 1. The maximum Gasteiger partial charge on any atom is 0.311 e. The first-order valence-corrected chi connectivity index (χ1v) is 4.81. The lowest BCUT2D eigenvalue weighted by Gasteiger charge is -2.33. The zero-order valence-electron chi connectivity index (χ0n) is 8.58. The first-order chi connectivity index (χ1) is 6.49. The zero-order valence-corrected chi connectivity index (χ0v) is 8.58. The van der Waals surface area contributed by atoms with E-state index in [0.717, 1.165) is 12.8 Å². The summed E-state index contributed by atoms with van der Waals surface area (Å²) in [5.74, 6) is -1.49. The van der Waals surface area contributed by atoms with Crippen LogP contribution >= 0.6 is 0 Å². The molecule has 1 aliphatic carbocycles. The first-order valence-electron chi connectivity index (χ1n) is 4.81. The van der Waals surface area contributed by atoms with Gasteiger partial charge in [0.15, 0.2) is 0 Å². The standard InChI is InChI=1S/C10H16O4/c1-10(9(13)14-2)5-3-4-7(6-10)8(11)12/h7H,3-6H2,1-2H3,(H,11,12). The summed E-state index contributed by atoms with van der Waals surface area (Å²) >= 11 is 0. The molecule has 1 fully saturated rings. The molecule has 0 amide bonds. The van der Waals surface area contributed by atoms with Gasteiger partial charge in [-0.05, 0) is 26.2 Å². The van der Waals surface area contributed by atoms with Crippen molar-refractivity contribution in [2.75, 3.05) is 7.11 Å². The highest BCUT2D eigenvalue weighted by molar-refractivity contribution is 5.78. The zero-order chi connectivity index (χ0) is 10.8. The van der Waals surface area contributed by atoms with Crippen molar-refractivity contribution in [1.82, 2.24) is 0 Å². The van der Waals surface area contributed by atoms with Gasteiger partial charge in [0.25, 0.3) is 0 Å². The Morgan fingerprint density at radius 3 is 2.64 bits per heavy atom. The third-order valence-electron chi connectivity index (χ3n) is 3.01. The molecule has 4 heteroatoms. The summed E-state index contributed by atoms with van der Waals surface area (Å²) in [5.41, 5.74) is -0.601. The van der Waals surface area contributed by atoms with Gasteiger partial charge in [0.1, 0.15) is 0 Å². The van der Waals surface area contributed by atoms with E-state index in [9.17, 15) is 9.59 Å². The Labute approximate surface area is 83.2 Å². The van der Waals surface area contributed by atoms with Gasteiger partial charge in [0.05, 0.1) is 18.4 Å². The quantitative estimate of drug-likeness (QED) is 0.685. The largest absolute Gasteiger partial charge is 0.481 e. The summed E-state index contributed by atoms with van der Waals surface area (Å²) < 4.78 is 4.69. The molecule has 14 heavy (non-hydrogen) atoms. The molecule has 0 aromatic carbocycles. The molecule has 0 radical (unpaired) electrons. The molecule has 1 rings (SSSR count). The molecule has 0 saturated heterocycles. The van der Waals surface area contributed by atoms with Crippen molar-refractivity contribution >= 4 is 11.9 Å². The first kappa shape index (κ1) is 11.0. The van der Waals surface area contributed by atoms with Crippen molar-refractivity contribution in [2.45, 2.75) is 32.6 Å². The maximum absolute atomic E-state index is 11.4. The molecule has 0 aromatic rings. The number of ether oxygens (including phenoxy) is 1. The van der Waals surface area contributed by atoms with Crippen molar-refractivity contribution in [1.29, 1.82) is 0 Å². The fourth-order valence-electron chi connectivity index (χ4n) is 2.13. The van der Waals surface area contributed by atoms with E-state index in [2.05, 4.69) is 4.74 Å². The average molecular weight is 200 g/mol. The van der Waals surface area contributed by atoms with Crippen molar-refractivity contribution < 1.29 is 19.4 Å². The van der Waals surface area contributed by atoms with Crippen LogP contribution in [0, 0.1) is 11.3 Å². The van der Waals surface area contributed by atoms with Gasteiger partial charge >= 0.3 is 11.9 Å². The monoisotopic (exact) mass is 200 g/mol. The second kappa shape index (κ2) is 3.98. The van der Waals surface area contributed by atoms with Gasteiger partial charge in [-0.15, -0.1) is 0 Å². The Morgan fingerprint density at radius 2 is 2.14 bits per heavy atom. The summed E-state index contributed by atoms with van der Waals surface area (Å²) in [6, 6.07) is 0. The highest BCUT2D eigenvalue weighted by Gasteiger charge is 2.41. The summed E-state index contributed by atoms with van der Waals surface area (Å²) in [6.07, 6.45) is 2.57. The third-order valence-corrected chi connectivity index (χ3v) is 3.01. The average Bonchev–Trinajstić information content (AvgIpc) is 2.16. The number of rotatable bonds is 2. The summed E-state index contributed by atoms with van der Waals surface area (Å²) in [4.78, 5) is 22.2. The van der Waals surface area contributed by atoms with Crippen LogP contribution in [0.3, 0.4) is 0 Å². The highest BCUT2D eigenvalue weighted by Crippen LogP contribution is 2.40. The van der Waals surface area contributed by atoms with Crippen LogP contribution < -0.4 is 0 Å². The van der Waals surface area contributed by atoms with E-state index in [0.29, 0.717) is 12.8 Å². The van der Waals surface area contributed by atoms with Gasteiger partial charge in [-0.25, -0.2) is 0 Å². The van der Waals surface area contributed by atoms with Crippen LogP contribution in [0.4, 0.5) is 0 Å². The second-order valence-corrected chi connectivity index (χ2v) is 4.18. The van der Waals surface area contributed by atoms with Crippen LogP contribution in [0.15, 0.2) is 0 Å². The smallest absolute Gasteiger partial charge is 0.311 e. The van der Waals surface area contributed by atoms with Crippen molar-refractivity contribution in [3.8, 4) is 0 Å². The van der Waals surface area contributed by atoms with Crippen LogP contribution in [0.25, 0.3) is 0 Å². The molecule has 2 unspecified atom stereocenters. The third kappa shape index (κ3) is 2.05. The van der Waals surface area contributed by atoms with Crippen LogP contribution in [0.2, 0.25) is 0 Å². The van der Waals surface area contributed by atoms with Crippen molar-refractivity contribution in [3.05, 3.63) is 0 Å². The minimum atomic E-state index is -0.806. The lowest BCUT2D eigenvalue weighted by molar-refractivity contribution is -0.157. The van der Waals surface area contributed by atoms with Crippen molar-refractivity contribution in [2.24, 2.45) is 11.3 Å². The lowest BCUT2D eigenvalue weighted by Crippen LogP contribution is -2.37. The van der Waals surface area contributed by atoms with Gasteiger partial charge in [-0.3, -0.25) is 9.59 Å². The Balaban J connectivity index is 2.71. The molecular weight excluding hydrogens is 184 g/mol. The molecule has 0 aromatic heterocycles. The van der Waals surface area contributed by atoms with Gasteiger partial charge < -0.3 is 9.84 Å². The Bertz CT molecular complexity index is 249. The van der Waals surface area contributed by atoms with Crippen LogP contribution in [-0.4, -0.2) is 24.2 Å². The van der Waals surface area contributed by atoms with E-state index in [1.807, 2.05) is 0 Å². The Hall–Kier alpha value is -1.06. The van der Waals surface area contributed by atoms with E-state index in [-0.39, 0.29) is 5.97 Å².